The van der Waals surface area contributed by atoms with Crippen LogP contribution >= 0.6 is 7.49 Å². The van der Waals surface area contributed by atoms with Crippen molar-refractivity contribution in [2.24, 2.45) is 0 Å². The van der Waals surface area contributed by atoms with E-state index in [2.05, 4.69) is 20.8 Å². The number of carbonyl (C=O) groups is 2. The largest absolute Gasteiger partial charge is 0.478 e. The van der Waals surface area contributed by atoms with Gasteiger partial charge in [-0.2, -0.15) is 8.42 Å². The van der Waals surface area contributed by atoms with Crippen molar-refractivity contribution >= 4 is 29.5 Å². The second-order valence-corrected chi connectivity index (χ2v) is 14.7. The zero-order valence-electron chi connectivity index (χ0n) is 21.6. The lowest BCUT2D eigenvalue weighted by Crippen LogP contribution is -2.18. The third-order valence-electron chi connectivity index (χ3n) is 6.20. The van der Waals surface area contributed by atoms with Gasteiger partial charge in [0.05, 0.1) is 34.5 Å². The number of unbranched alkanes of at least 4 members (excludes halogenated alkanes) is 9. The van der Waals surface area contributed by atoms with E-state index in [1.165, 1.54) is 0 Å². The minimum Gasteiger partial charge on any atom is -0.478 e. The van der Waals surface area contributed by atoms with Gasteiger partial charge in [-0.1, -0.05) is 59.3 Å². The van der Waals surface area contributed by atoms with Crippen LogP contribution < -0.4 is 0 Å². The lowest BCUT2D eigenvalue weighted by molar-refractivity contribution is 0.0696. The maximum Gasteiger partial charge on any atom is 0.335 e. The van der Waals surface area contributed by atoms with E-state index in [1.807, 2.05) is 0 Å². The molecule has 0 spiro atoms. The smallest absolute Gasteiger partial charge is 0.335 e. The molecule has 35 heavy (non-hydrogen) atoms. The van der Waals surface area contributed by atoms with Crippen LogP contribution in [0.3, 0.4) is 0 Å². The number of hydrogen-bond donors (Lipinski definition) is 2. The van der Waals surface area contributed by atoms with Crippen LogP contribution in [0.25, 0.3) is 0 Å². The van der Waals surface area contributed by atoms with Gasteiger partial charge in [-0.25, -0.2) is 9.59 Å². The summed E-state index contributed by atoms with van der Waals surface area (Å²) >= 11 is 0. The van der Waals surface area contributed by atoms with E-state index in [0.717, 1.165) is 114 Å². The van der Waals surface area contributed by atoms with Crippen molar-refractivity contribution in [3.63, 3.8) is 0 Å². The summed E-state index contributed by atoms with van der Waals surface area (Å²) in [7, 11) is -6.70. The van der Waals surface area contributed by atoms with E-state index >= 15 is 0 Å². The average molecular weight is 532 g/mol. The minimum atomic E-state index is -4.34. The number of benzene rings is 1. The molecule has 1 aromatic rings. The van der Waals surface area contributed by atoms with E-state index in [4.69, 9.17) is 3.97 Å². The second-order valence-electron chi connectivity index (χ2n) is 9.30. The molecule has 0 fully saturated rings. The van der Waals surface area contributed by atoms with Crippen LogP contribution in [0.5, 0.6) is 0 Å². The van der Waals surface area contributed by atoms with Gasteiger partial charge < -0.3 is 10.2 Å². The molecule has 0 heterocycles. The number of hydrogen-bond acceptors (Lipinski definition) is 5. The standard InChI is InChI=1S/C26H43O7PS/c1-4-7-10-13-16-34(17-14-11-8-5-2,18-15-12-9-6-3)33-35(31,32)24-20-22(25(27)28)19-23(21-24)26(29)30/h19-21H,4-18H2,1-3H3,(H-,27,28,29,30)/p+1. The van der Waals surface area contributed by atoms with Crippen LogP contribution in [0.2, 0.25) is 0 Å². The first-order valence-electron chi connectivity index (χ1n) is 13.0. The summed E-state index contributed by atoms with van der Waals surface area (Å²) in [4.78, 5) is 22.7. The van der Waals surface area contributed by atoms with E-state index in [1.54, 1.807) is 0 Å². The Hall–Kier alpha value is -1.50. The molecule has 7 nitrogen and oxygen atoms in total. The molecule has 0 saturated carbocycles. The third-order valence-corrected chi connectivity index (χ3v) is 12.5. The highest BCUT2D eigenvalue weighted by Gasteiger charge is 2.44. The maximum absolute atomic E-state index is 13.5. The number of rotatable bonds is 20. The Kier molecular flexibility index (Phi) is 14.7. The lowest BCUT2D eigenvalue weighted by atomic mass is 10.1. The Bertz CT molecular complexity index is 835. The van der Waals surface area contributed by atoms with E-state index < -0.39 is 34.4 Å². The average Bonchev–Trinajstić information content (AvgIpc) is 2.82. The Balaban J connectivity index is 3.36. The summed E-state index contributed by atoms with van der Waals surface area (Å²) in [5, 5.41) is 18.8. The van der Waals surface area contributed by atoms with E-state index in [-0.39, 0.29) is 11.1 Å². The molecule has 0 radical (unpaired) electrons. The highest BCUT2D eigenvalue weighted by molar-refractivity contribution is 7.94. The highest BCUT2D eigenvalue weighted by Crippen LogP contribution is 2.63. The molecule has 9 heteroatoms. The number of carboxylic acid groups (broad SMARTS) is 2. The molecule has 1 aromatic carbocycles. The molecule has 1 rings (SSSR count). The van der Waals surface area contributed by atoms with Crippen molar-refractivity contribution in [3.05, 3.63) is 29.3 Å². The van der Waals surface area contributed by atoms with Gasteiger partial charge in [-0.15, -0.1) is 3.97 Å². The zero-order chi connectivity index (χ0) is 26.3. The first-order chi connectivity index (χ1) is 16.6. The highest BCUT2D eigenvalue weighted by atomic mass is 32.2. The molecule has 0 amide bonds. The molecule has 200 valence electrons. The lowest BCUT2D eigenvalue weighted by Gasteiger charge is -2.26. The predicted molar refractivity (Wildman–Crippen MR) is 143 cm³/mol. The van der Waals surface area contributed by atoms with Gasteiger partial charge in [0.2, 0.25) is 0 Å². The van der Waals surface area contributed by atoms with Crippen molar-refractivity contribution in [3.8, 4) is 0 Å². The second kappa shape index (κ2) is 16.3. The van der Waals surface area contributed by atoms with Crippen LogP contribution in [0.15, 0.2) is 23.1 Å². The van der Waals surface area contributed by atoms with Gasteiger partial charge in [-0.05, 0) is 56.7 Å². The summed E-state index contributed by atoms with van der Waals surface area (Å²) in [5.74, 6) is -2.77. The summed E-state index contributed by atoms with van der Waals surface area (Å²) in [6, 6.07) is 2.97. The van der Waals surface area contributed by atoms with Crippen molar-refractivity contribution in [1.29, 1.82) is 0 Å². The SMILES string of the molecule is CCCCCC[P+](CCCCCC)(CCCCCC)OS(=O)(=O)c1cc(C(=O)O)cc(C(=O)O)c1. The molecule has 0 aliphatic rings. The molecule has 0 aliphatic carbocycles. The van der Waals surface area contributed by atoms with Gasteiger partial charge >= 0.3 is 22.1 Å². The molecule has 0 saturated heterocycles. The van der Waals surface area contributed by atoms with Gasteiger partial charge in [0.25, 0.3) is 0 Å². The van der Waals surface area contributed by atoms with Crippen molar-refractivity contribution in [2.45, 2.75) is 103 Å². The Morgan fingerprint density at radius 1 is 0.686 bits per heavy atom. The maximum atomic E-state index is 13.5. The summed E-state index contributed by atoms with van der Waals surface area (Å²) in [5.41, 5.74) is -0.769. The normalized spacial score (nSPS) is 12.1. The number of carboxylic acids is 2. The fraction of sp³-hybridized carbons (Fsp3) is 0.692. The molecule has 2 N–H and O–H groups in total. The molecule has 0 atom stereocenters. The molecule has 0 bridgehead atoms. The number of aromatic carboxylic acids is 2. The quantitative estimate of drug-likeness (QED) is 0.132. The van der Waals surface area contributed by atoms with Crippen molar-refractivity contribution in [2.75, 3.05) is 18.5 Å². The van der Waals surface area contributed by atoms with Crippen LogP contribution in [0.4, 0.5) is 0 Å². The van der Waals surface area contributed by atoms with E-state index in [9.17, 15) is 28.2 Å². The Morgan fingerprint density at radius 3 is 1.37 bits per heavy atom. The van der Waals surface area contributed by atoms with Gasteiger partial charge in [0.15, 0.2) is 7.49 Å². The molecule has 0 aromatic heterocycles. The molecular weight excluding hydrogens is 487 g/mol. The van der Waals surface area contributed by atoms with Crippen molar-refractivity contribution in [1.82, 2.24) is 0 Å². The summed E-state index contributed by atoms with van der Waals surface area (Å²) in [6.45, 7) is 6.40. The molecule has 0 aliphatic heterocycles. The first-order valence-corrected chi connectivity index (χ1v) is 16.7. The summed E-state index contributed by atoms with van der Waals surface area (Å²) in [6.07, 6.45) is 14.4. The fourth-order valence-electron chi connectivity index (χ4n) is 4.17. The van der Waals surface area contributed by atoms with Crippen LogP contribution in [-0.4, -0.2) is 49.1 Å². The van der Waals surface area contributed by atoms with Gasteiger partial charge in [-0.3, -0.25) is 0 Å². The summed E-state index contributed by atoms with van der Waals surface area (Å²) < 4.78 is 33.1. The van der Waals surface area contributed by atoms with Crippen LogP contribution in [0, 0.1) is 0 Å². The monoisotopic (exact) mass is 531 g/mol. The minimum absolute atomic E-state index is 0.384. The Labute approximate surface area is 212 Å². The van der Waals surface area contributed by atoms with Crippen molar-refractivity contribution < 1.29 is 32.2 Å². The topological polar surface area (TPSA) is 118 Å². The predicted octanol–water partition coefficient (Wildman–Crippen LogP) is 7.46. The van der Waals surface area contributed by atoms with Gasteiger partial charge in [0.1, 0.15) is 0 Å². The fourth-order valence-corrected chi connectivity index (χ4v) is 10.7. The van der Waals surface area contributed by atoms with Gasteiger partial charge in [0, 0.05) is 0 Å². The van der Waals surface area contributed by atoms with Crippen LogP contribution in [-0.2, 0) is 14.1 Å². The molecular formula is C26H44O7PS+. The third kappa shape index (κ3) is 11.4. The van der Waals surface area contributed by atoms with E-state index in [0.29, 0.717) is 0 Å². The van der Waals surface area contributed by atoms with Crippen LogP contribution in [0.1, 0.15) is 119 Å². The zero-order valence-corrected chi connectivity index (χ0v) is 23.3. The Morgan fingerprint density at radius 2 is 1.06 bits per heavy atom. The molecule has 0 unspecified atom stereocenters. The first kappa shape index (κ1) is 31.5.